The lowest BCUT2D eigenvalue weighted by molar-refractivity contribution is -0.200. The number of hydrogen-bond acceptors (Lipinski definition) is 15. The molecule has 3 unspecified atom stereocenters. The molecule has 0 aromatic rings. The molecule has 0 saturated carbocycles. The molecule has 0 bridgehead atoms. The molecule has 18 nitrogen and oxygen atoms in total. The number of aliphatic hydroxyl groups is 1. The van der Waals surface area contributed by atoms with Crippen molar-refractivity contribution in [2.45, 2.75) is 225 Å². The smallest absolute Gasteiger partial charge is 0.462 e. The zero-order valence-corrected chi connectivity index (χ0v) is 42.6. The predicted molar refractivity (Wildman–Crippen MR) is 256 cm³/mol. The van der Waals surface area contributed by atoms with Gasteiger partial charge in [-0.25, -0.2) is 9.36 Å². The number of phosphoric ester groups is 1. The number of unbranched alkanes of at least 4 members (excludes halogenated alkanes) is 24. The van der Waals surface area contributed by atoms with E-state index in [1.54, 1.807) is 0 Å². The van der Waals surface area contributed by atoms with E-state index in [-0.39, 0.29) is 51.9 Å². The van der Waals surface area contributed by atoms with E-state index in [2.05, 4.69) is 19.2 Å². The van der Waals surface area contributed by atoms with Gasteiger partial charge in [0.15, 0.2) is 6.10 Å². The Bertz CT molecular complexity index is 1390. The van der Waals surface area contributed by atoms with Crippen LogP contribution in [0.15, 0.2) is 0 Å². The molecule has 1 aliphatic rings. The Morgan fingerprint density at radius 1 is 0.603 bits per heavy atom. The molecule has 0 aliphatic carbocycles. The fourth-order valence-corrected chi connectivity index (χ4v) is 8.14. The number of carbonyl (C=O) groups is 6. The van der Waals surface area contributed by atoms with Crippen molar-refractivity contribution < 1.29 is 76.2 Å². The first kappa shape index (κ1) is 63.0. The molecule has 396 valence electrons. The van der Waals surface area contributed by atoms with Crippen LogP contribution in [0.3, 0.4) is 0 Å². The largest absolute Gasteiger partial charge is 0.472 e. The van der Waals surface area contributed by atoms with Crippen molar-refractivity contribution in [3.8, 4) is 0 Å². The van der Waals surface area contributed by atoms with Crippen LogP contribution in [0.1, 0.15) is 213 Å². The molecular formula is C49H89N2O16P. The fraction of sp³-hybridized carbons (Fsp3) is 0.878. The van der Waals surface area contributed by atoms with Crippen LogP contribution in [0.4, 0.5) is 0 Å². The first-order chi connectivity index (χ1) is 32.9. The van der Waals surface area contributed by atoms with Crippen LogP contribution in [0.25, 0.3) is 0 Å². The Kier molecular flexibility index (Phi) is 39.7. The highest BCUT2D eigenvalue weighted by Gasteiger charge is 2.33. The van der Waals surface area contributed by atoms with Crippen LogP contribution >= 0.6 is 7.82 Å². The van der Waals surface area contributed by atoms with E-state index >= 15 is 0 Å². The number of nitrogens with zero attached hydrogens (tertiary/aromatic N) is 1. The van der Waals surface area contributed by atoms with Crippen LogP contribution in [0.5, 0.6) is 0 Å². The van der Waals surface area contributed by atoms with Gasteiger partial charge in [0.1, 0.15) is 19.8 Å². The van der Waals surface area contributed by atoms with Crippen molar-refractivity contribution in [1.82, 2.24) is 10.4 Å². The number of rotatable bonds is 48. The van der Waals surface area contributed by atoms with Crippen LogP contribution in [0.2, 0.25) is 0 Å². The van der Waals surface area contributed by atoms with Gasteiger partial charge in [-0.05, 0) is 19.3 Å². The second-order valence-electron chi connectivity index (χ2n) is 17.7. The lowest BCUT2D eigenvalue weighted by Crippen LogP contribution is -2.34. The number of imide groups is 1. The minimum atomic E-state index is -4.70. The third kappa shape index (κ3) is 36.9. The summed E-state index contributed by atoms with van der Waals surface area (Å²) in [6.07, 6.45) is 28.8. The van der Waals surface area contributed by atoms with Crippen molar-refractivity contribution in [3.63, 3.8) is 0 Å². The third-order valence-electron chi connectivity index (χ3n) is 11.5. The van der Waals surface area contributed by atoms with Gasteiger partial charge >= 0.3 is 25.7 Å². The number of carbonyl (C=O) groups excluding carboxylic acids is 6. The average Bonchev–Trinajstić information content (AvgIpc) is 3.63. The summed E-state index contributed by atoms with van der Waals surface area (Å²) in [6.45, 7) is 1.30. The van der Waals surface area contributed by atoms with E-state index in [0.717, 1.165) is 38.5 Å². The lowest BCUT2D eigenvalue weighted by atomic mass is 10.0. The SMILES string of the molecule is CCCCCCCCCCCCCCCC(=O)OCC(COP(=O)(O)OCCNC(=O)COC(CO)CCOCC(=O)ON1C(=O)CCC1=O)OC(=O)CCCCCCCCCCCCCCC. The number of amides is 3. The highest BCUT2D eigenvalue weighted by Crippen LogP contribution is 2.43. The van der Waals surface area contributed by atoms with Gasteiger partial charge in [0.05, 0.1) is 25.9 Å². The number of hydrogen-bond donors (Lipinski definition) is 3. The van der Waals surface area contributed by atoms with Crippen molar-refractivity contribution in [1.29, 1.82) is 0 Å². The molecule has 1 rings (SSSR count). The number of ether oxygens (including phenoxy) is 4. The average molecular weight is 993 g/mol. The Balaban J connectivity index is 2.42. The van der Waals surface area contributed by atoms with Crippen molar-refractivity contribution >= 4 is 43.5 Å². The first-order valence-corrected chi connectivity index (χ1v) is 27.5. The molecule has 0 aromatic heterocycles. The maximum Gasteiger partial charge on any atom is 0.472 e. The quantitative estimate of drug-likeness (QED) is 0.0223. The monoisotopic (exact) mass is 993 g/mol. The number of phosphoric acid groups is 1. The Labute approximate surface area is 406 Å². The number of nitrogens with one attached hydrogen (secondary N) is 1. The van der Waals surface area contributed by atoms with Crippen LogP contribution in [-0.2, 0) is 66.2 Å². The summed E-state index contributed by atoms with van der Waals surface area (Å²) in [4.78, 5) is 87.7. The summed E-state index contributed by atoms with van der Waals surface area (Å²) in [5.74, 6) is -3.81. The summed E-state index contributed by atoms with van der Waals surface area (Å²) >= 11 is 0. The molecule has 0 radical (unpaired) electrons. The fourth-order valence-electron chi connectivity index (χ4n) is 7.39. The Morgan fingerprint density at radius 2 is 1.07 bits per heavy atom. The van der Waals surface area contributed by atoms with Crippen LogP contribution in [0, 0.1) is 0 Å². The number of hydroxylamine groups is 2. The second-order valence-corrected chi connectivity index (χ2v) is 19.2. The van der Waals surface area contributed by atoms with E-state index < -0.39 is 88.7 Å². The van der Waals surface area contributed by atoms with Gasteiger partial charge < -0.3 is 39.1 Å². The van der Waals surface area contributed by atoms with Crippen LogP contribution in [-0.4, -0.2) is 116 Å². The third-order valence-corrected chi connectivity index (χ3v) is 12.4. The molecule has 1 heterocycles. The Hall–Kier alpha value is -2.99. The summed E-state index contributed by atoms with van der Waals surface area (Å²) in [5.41, 5.74) is 0. The molecule has 3 atom stereocenters. The predicted octanol–water partition coefficient (Wildman–Crippen LogP) is 9.05. The molecule has 68 heavy (non-hydrogen) atoms. The maximum absolute atomic E-state index is 12.8. The minimum Gasteiger partial charge on any atom is -0.462 e. The summed E-state index contributed by atoms with van der Waals surface area (Å²) in [6, 6.07) is 0. The topological polar surface area (TPSA) is 240 Å². The first-order valence-electron chi connectivity index (χ1n) is 26.0. The van der Waals surface area contributed by atoms with Crippen molar-refractivity contribution in [2.24, 2.45) is 0 Å². The summed E-state index contributed by atoms with van der Waals surface area (Å²) in [7, 11) is -4.70. The van der Waals surface area contributed by atoms with E-state index in [9.17, 15) is 43.3 Å². The molecule has 1 fully saturated rings. The zero-order chi connectivity index (χ0) is 49.9. The van der Waals surface area contributed by atoms with Gasteiger partial charge in [-0.3, -0.25) is 33.0 Å². The van der Waals surface area contributed by atoms with Gasteiger partial charge in [0, 0.05) is 38.8 Å². The summed E-state index contributed by atoms with van der Waals surface area (Å²) in [5, 5.41) is 12.4. The van der Waals surface area contributed by atoms with Crippen molar-refractivity contribution in [3.05, 3.63) is 0 Å². The highest BCUT2D eigenvalue weighted by molar-refractivity contribution is 7.47. The van der Waals surface area contributed by atoms with Gasteiger partial charge in [0.2, 0.25) is 5.91 Å². The van der Waals surface area contributed by atoms with Gasteiger partial charge in [-0.15, -0.1) is 5.06 Å². The molecule has 3 amide bonds. The lowest BCUT2D eigenvalue weighted by Gasteiger charge is -2.20. The minimum absolute atomic E-state index is 0.0413. The highest BCUT2D eigenvalue weighted by atomic mass is 31.2. The van der Waals surface area contributed by atoms with E-state index in [4.69, 9.17) is 32.8 Å². The van der Waals surface area contributed by atoms with E-state index in [1.165, 1.54) is 116 Å². The molecule has 1 aliphatic heterocycles. The van der Waals surface area contributed by atoms with E-state index in [1.807, 2.05) is 0 Å². The second kappa shape index (κ2) is 42.9. The standard InChI is InChI=1S/C49H89N2O16P/c1-3-5-7-9-11-13-15-17-19-21-23-25-27-29-47(56)63-38-43(66-48(57)30-28-26-24-22-20-18-16-14-12-10-8-6-4-2)39-65-68(59,60)64-36-34-50-44(53)40-62-42(37-52)33-35-61-41-49(58)67-51-45(54)31-32-46(51)55/h42-43,52H,3-41H2,1-2H3,(H,50,53)(H,59,60). The van der Waals surface area contributed by atoms with Gasteiger partial charge in [-0.1, -0.05) is 168 Å². The summed E-state index contributed by atoms with van der Waals surface area (Å²) < 4.78 is 44.3. The number of aliphatic hydroxyl groups excluding tert-OH is 1. The molecular weight excluding hydrogens is 904 g/mol. The molecule has 1 saturated heterocycles. The van der Waals surface area contributed by atoms with Crippen molar-refractivity contribution in [2.75, 3.05) is 52.8 Å². The van der Waals surface area contributed by atoms with Gasteiger partial charge in [-0.2, -0.15) is 0 Å². The number of esters is 2. The molecule has 3 N–H and O–H groups in total. The normalized spacial score (nSPS) is 14.4. The Morgan fingerprint density at radius 3 is 1.56 bits per heavy atom. The van der Waals surface area contributed by atoms with Crippen LogP contribution < -0.4 is 5.32 Å². The maximum atomic E-state index is 12.8. The molecule has 19 heteroatoms. The van der Waals surface area contributed by atoms with Gasteiger partial charge in [0.25, 0.3) is 11.8 Å². The zero-order valence-electron chi connectivity index (χ0n) is 41.7. The molecule has 0 spiro atoms. The molecule has 0 aromatic carbocycles. The van der Waals surface area contributed by atoms with E-state index in [0.29, 0.717) is 17.9 Å².